The Hall–Kier alpha value is -4.53. The highest BCUT2D eigenvalue weighted by Gasteiger charge is 2.32. The van der Waals surface area contributed by atoms with Gasteiger partial charge in [0.25, 0.3) is 5.69 Å². The molecule has 0 aliphatic rings. The molecule has 3 aromatic carbocycles. The van der Waals surface area contributed by atoms with Gasteiger partial charge < -0.3 is 25.3 Å². The average molecular weight is 670 g/mol. The van der Waals surface area contributed by atoms with Crippen LogP contribution in [0.2, 0.25) is 0 Å². The number of anilines is 1. The van der Waals surface area contributed by atoms with E-state index in [1.165, 1.54) is 15.9 Å². The molecule has 13 nitrogen and oxygen atoms in total. The second-order valence-corrected chi connectivity index (χ2v) is 13.9. The van der Waals surface area contributed by atoms with Gasteiger partial charge in [-0.1, -0.05) is 50.2 Å². The minimum absolute atomic E-state index is 0.00191. The molecular formula is C33H43N5O8S. The van der Waals surface area contributed by atoms with Crippen molar-refractivity contribution in [3.05, 3.63) is 94.0 Å². The molecule has 47 heavy (non-hydrogen) atoms. The third-order valence-electron chi connectivity index (χ3n) is 7.53. The number of nitro benzene ring substituents is 1. The highest BCUT2D eigenvalue weighted by Crippen LogP contribution is 2.27. The first-order valence-corrected chi connectivity index (χ1v) is 16.5. The number of aromatic hydroxyl groups is 1. The van der Waals surface area contributed by atoms with Gasteiger partial charge in [-0.05, 0) is 49.1 Å². The number of carbonyl (C=O) groups excluding carboxylic acids is 2. The summed E-state index contributed by atoms with van der Waals surface area (Å²) in [6.07, 6.45) is -1.20. The molecule has 0 aromatic heterocycles. The Morgan fingerprint density at radius 3 is 2.15 bits per heavy atom. The summed E-state index contributed by atoms with van der Waals surface area (Å²) in [5.74, 6) is -0.942. The molecule has 0 bridgehead atoms. The number of carbonyl (C=O) groups is 2. The number of amides is 2. The van der Waals surface area contributed by atoms with Crippen LogP contribution in [0, 0.1) is 23.0 Å². The molecule has 0 heterocycles. The fraction of sp³-hybridized carbons (Fsp3) is 0.394. The predicted molar refractivity (Wildman–Crippen MR) is 179 cm³/mol. The summed E-state index contributed by atoms with van der Waals surface area (Å²) in [5.41, 5.74) is 1.49. The van der Waals surface area contributed by atoms with Crippen LogP contribution < -0.4 is 10.2 Å². The Morgan fingerprint density at radius 2 is 1.57 bits per heavy atom. The first-order valence-electron chi connectivity index (χ1n) is 15.1. The number of phenolic OH excluding ortho intramolecular Hbond substituents is 1. The van der Waals surface area contributed by atoms with E-state index in [9.17, 15) is 38.3 Å². The summed E-state index contributed by atoms with van der Waals surface area (Å²) in [6, 6.07) is 17.5. The van der Waals surface area contributed by atoms with Crippen molar-refractivity contribution in [2.45, 2.75) is 44.2 Å². The van der Waals surface area contributed by atoms with Gasteiger partial charge in [0.05, 0.1) is 35.1 Å². The predicted octanol–water partition coefficient (Wildman–Crippen LogP) is 2.94. The Bertz CT molecular complexity index is 1630. The maximum absolute atomic E-state index is 13.7. The number of nitro groups is 1. The molecule has 0 radical (unpaired) electrons. The van der Waals surface area contributed by atoms with E-state index in [4.69, 9.17) is 0 Å². The van der Waals surface area contributed by atoms with E-state index in [1.54, 1.807) is 33.2 Å². The SMILES string of the molecule is Cc1c(O)cccc1N(CC(=O)N[C@@H](Cc1ccccc1)[C@H](O)CN(CC(C)C)S(=O)(=O)c1ccc([N+](=O)[O-])cc1)CC(=O)N(C)C. The van der Waals surface area contributed by atoms with Gasteiger partial charge >= 0.3 is 0 Å². The normalized spacial score (nSPS) is 12.9. The van der Waals surface area contributed by atoms with Gasteiger partial charge in [0.2, 0.25) is 21.8 Å². The maximum atomic E-state index is 13.7. The van der Waals surface area contributed by atoms with Crippen molar-refractivity contribution in [3.8, 4) is 5.75 Å². The molecule has 3 rings (SSSR count). The number of rotatable bonds is 16. The van der Waals surface area contributed by atoms with Crippen molar-refractivity contribution >= 4 is 33.2 Å². The summed E-state index contributed by atoms with van der Waals surface area (Å²) < 4.78 is 28.5. The second-order valence-electron chi connectivity index (χ2n) is 12.0. The number of aliphatic hydroxyl groups excluding tert-OH is 1. The van der Waals surface area contributed by atoms with Gasteiger partial charge in [-0.3, -0.25) is 19.7 Å². The van der Waals surface area contributed by atoms with Crippen molar-refractivity contribution in [1.29, 1.82) is 0 Å². The van der Waals surface area contributed by atoms with Crippen LogP contribution in [0.4, 0.5) is 11.4 Å². The number of non-ortho nitro benzene ring substituents is 1. The second kappa shape index (κ2) is 16.3. The number of phenols is 1. The largest absolute Gasteiger partial charge is 0.508 e. The molecular weight excluding hydrogens is 626 g/mol. The number of nitrogens with one attached hydrogen (secondary N) is 1. The number of nitrogens with zero attached hydrogens (tertiary/aromatic N) is 4. The molecule has 0 fully saturated rings. The standard InChI is InChI=1S/C33H43N5O8S/c1-23(2)19-37(47(45,46)27-16-14-26(15-17-27)38(43)44)20-31(40)28(18-25-10-7-6-8-11-25)34-32(41)21-36(22-33(42)35(4)5)29-12-9-13-30(39)24(29)3/h6-17,23,28,31,39-40H,18-22H2,1-5H3,(H,34,41)/t28-,31+/m0/s1. The number of hydrogen-bond acceptors (Lipinski definition) is 9. The number of hydrogen-bond donors (Lipinski definition) is 3. The lowest BCUT2D eigenvalue weighted by Crippen LogP contribution is -2.53. The third kappa shape index (κ3) is 10.2. The van der Waals surface area contributed by atoms with Crippen LogP contribution in [0.3, 0.4) is 0 Å². The van der Waals surface area contributed by atoms with E-state index in [1.807, 2.05) is 44.2 Å². The molecule has 3 N–H and O–H groups in total. The van der Waals surface area contributed by atoms with Crippen LogP contribution in [-0.4, -0.2) is 97.0 Å². The van der Waals surface area contributed by atoms with E-state index in [0.29, 0.717) is 11.3 Å². The van der Waals surface area contributed by atoms with Crippen molar-refractivity contribution in [3.63, 3.8) is 0 Å². The minimum atomic E-state index is -4.19. The molecule has 2 atom stereocenters. The van der Waals surface area contributed by atoms with Crippen molar-refractivity contribution < 1.29 is 33.1 Å². The summed E-state index contributed by atoms with van der Waals surface area (Å²) >= 11 is 0. The zero-order valence-electron chi connectivity index (χ0n) is 27.2. The maximum Gasteiger partial charge on any atom is 0.269 e. The van der Waals surface area contributed by atoms with Gasteiger partial charge in [-0.25, -0.2) is 8.42 Å². The lowest BCUT2D eigenvalue weighted by Gasteiger charge is -2.32. The smallest absolute Gasteiger partial charge is 0.269 e. The molecule has 0 spiro atoms. The highest BCUT2D eigenvalue weighted by molar-refractivity contribution is 7.89. The molecule has 3 aromatic rings. The number of likely N-dealkylation sites (N-methyl/N-ethyl adjacent to an activating group) is 1. The average Bonchev–Trinajstić information content (AvgIpc) is 3.01. The molecule has 0 aliphatic heterocycles. The Morgan fingerprint density at radius 1 is 0.936 bits per heavy atom. The summed E-state index contributed by atoms with van der Waals surface area (Å²) in [6.45, 7) is 4.53. The first kappa shape index (κ1) is 36.9. The zero-order valence-corrected chi connectivity index (χ0v) is 28.1. The van der Waals surface area contributed by atoms with Crippen molar-refractivity contribution in [2.24, 2.45) is 5.92 Å². The van der Waals surface area contributed by atoms with Gasteiger partial charge in [-0.15, -0.1) is 0 Å². The van der Waals surface area contributed by atoms with Gasteiger partial charge in [-0.2, -0.15) is 4.31 Å². The molecule has 254 valence electrons. The Kier molecular flexibility index (Phi) is 12.8. The van der Waals surface area contributed by atoms with Crippen LogP contribution >= 0.6 is 0 Å². The van der Waals surface area contributed by atoms with Crippen LogP contribution in [0.5, 0.6) is 5.75 Å². The van der Waals surface area contributed by atoms with E-state index in [2.05, 4.69) is 5.32 Å². The fourth-order valence-corrected chi connectivity index (χ4v) is 6.59. The summed E-state index contributed by atoms with van der Waals surface area (Å²) in [7, 11) is -1.00. The summed E-state index contributed by atoms with van der Waals surface area (Å²) in [4.78, 5) is 39.6. The zero-order chi connectivity index (χ0) is 34.9. The van der Waals surface area contributed by atoms with Gasteiger partial charge in [0.1, 0.15) is 5.75 Å². The number of aliphatic hydroxyl groups is 1. The highest BCUT2D eigenvalue weighted by atomic mass is 32.2. The van der Waals surface area contributed by atoms with Crippen LogP contribution in [-0.2, 0) is 26.0 Å². The van der Waals surface area contributed by atoms with Gasteiger partial charge in [0, 0.05) is 50.6 Å². The Labute approximate surface area is 275 Å². The monoisotopic (exact) mass is 669 g/mol. The first-order chi connectivity index (χ1) is 22.1. The number of sulfonamides is 1. The fourth-order valence-electron chi connectivity index (χ4n) is 4.97. The van der Waals surface area contributed by atoms with Crippen LogP contribution in [0.1, 0.15) is 25.0 Å². The molecule has 0 aliphatic carbocycles. The van der Waals surface area contributed by atoms with Crippen LogP contribution in [0.15, 0.2) is 77.7 Å². The number of benzene rings is 3. The third-order valence-corrected chi connectivity index (χ3v) is 9.38. The Balaban J connectivity index is 1.92. The summed E-state index contributed by atoms with van der Waals surface area (Å²) in [5, 5.41) is 35.8. The lowest BCUT2D eigenvalue weighted by molar-refractivity contribution is -0.384. The molecule has 2 amide bonds. The van der Waals surface area contributed by atoms with E-state index >= 15 is 0 Å². The minimum Gasteiger partial charge on any atom is -0.508 e. The molecule has 0 unspecified atom stereocenters. The van der Waals surface area contributed by atoms with Crippen molar-refractivity contribution in [1.82, 2.24) is 14.5 Å². The quantitative estimate of drug-likeness (QED) is 0.153. The molecule has 0 saturated heterocycles. The topological polar surface area (TPSA) is 174 Å². The lowest BCUT2D eigenvalue weighted by atomic mass is 10.0. The van der Waals surface area contributed by atoms with Crippen LogP contribution in [0.25, 0.3) is 0 Å². The van der Waals surface area contributed by atoms with Gasteiger partial charge in [0.15, 0.2) is 0 Å². The van der Waals surface area contributed by atoms with E-state index in [-0.39, 0.29) is 60.8 Å². The molecule has 0 saturated carbocycles. The van der Waals surface area contributed by atoms with Crippen molar-refractivity contribution in [2.75, 3.05) is 45.2 Å². The van der Waals surface area contributed by atoms with E-state index < -0.39 is 33.0 Å². The molecule has 14 heteroatoms. The van der Waals surface area contributed by atoms with E-state index in [0.717, 1.165) is 34.1 Å².